The van der Waals surface area contributed by atoms with Crippen LogP contribution in [0.5, 0.6) is 0 Å². The van der Waals surface area contributed by atoms with Crippen molar-refractivity contribution in [1.82, 2.24) is 24.1 Å². The summed E-state index contributed by atoms with van der Waals surface area (Å²) in [6, 6.07) is 84.9. The molecule has 0 bridgehead atoms. The van der Waals surface area contributed by atoms with Crippen molar-refractivity contribution in [2.24, 2.45) is 0 Å². The van der Waals surface area contributed by atoms with E-state index >= 15 is 0 Å². The zero-order valence-corrected chi connectivity index (χ0v) is 36.8. The molecule has 5 nitrogen and oxygen atoms in total. The summed E-state index contributed by atoms with van der Waals surface area (Å²) in [7, 11) is 0. The Hall–Kier alpha value is -9.19. The van der Waals surface area contributed by atoms with Crippen molar-refractivity contribution >= 4 is 75.9 Å². The Morgan fingerprint density at radius 3 is 1.54 bits per heavy atom. The van der Waals surface area contributed by atoms with Crippen LogP contribution in [0, 0.1) is 0 Å². The number of rotatable bonds is 6. The minimum atomic E-state index is 0.636. The zero-order valence-electron chi connectivity index (χ0n) is 36.8. The van der Waals surface area contributed by atoms with Gasteiger partial charge in [-0.1, -0.05) is 188 Å². The van der Waals surface area contributed by atoms with Gasteiger partial charge in [0, 0.05) is 49.6 Å². The molecule has 0 aliphatic carbocycles. The highest BCUT2D eigenvalue weighted by Gasteiger charge is 2.22. The summed E-state index contributed by atoms with van der Waals surface area (Å²) >= 11 is 0. The predicted molar refractivity (Wildman–Crippen MR) is 283 cm³/mol. The molecule has 0 saturated heterocycles. The second-order valence-corrected chi connectivity index (χ2v) is 17.6. The first-order valence-electron chi connectivity index (χ1n) is 23.1. The smallest absolute Gasteiger partial charge is 0.164 e. The summed E-state index contributed by atoms with van der Waals surface area (Å²) in [5.74, 6) is 1.92. The van der Waals surface area contributed by atoms with Crippen molar-refractivity contribution in [3.63, 3.8) is 0 Å². The van der Waals surface area contributed by atoms with Crippen LogP contribution in [0.15, 0.2) is 237 Å². The van der Waals surface area contributed by atoms with Crippen LogP contribution in [0.25, 0.3) is 133 Å². The highest BCUT2D eigenvalue weighted by atomic mass is 15.0. The zero-order chi connectivity index (χ0) is 44.7. The maximum atomic E-state index is 5.13. The van der Waals surface area contributed by atoms with E-state index in [1.165, 1.54) is 59.7 Å². The van der Waals surface area contributed by atoms with E-state index < -0.39 is 0 Å². The minimum Gasteiger partial charge on any atom is -0.309 e. The molecule has 0 amide bonds. The van der Waals surface area contributed by atoms with Gasteiger partial charge in [-0.25, -0.2) is 15.0 Å². The molecule has 316 valence electrons. The van der Waals surface area contributed by atoms with Gasteiger partial charge >= 0.3 is 0 Å². The molecule has 0 N–H and O–H groups in total. The average molecular weight is 866 g/mol. The summed E-state index contributed by atoms with van der Waals surface area (Å²) in [5, 5.41) is 12.0. The van der Waals surface area contributed by atoms with E-state index in [2.05, 4.69) is 209 Å². The molecular weight excluding hydrogens is 827 g/mol. The summed E-state index contributed by atoms with van der Waals surface area (Å²) < 4.78 is 4.93. The molecule has 11 aromatic carbocycles. The van der Waals surface area contributed by atoms with Crippen molar-refractivity contribution in [3.8, 4) is 56.7 Å². The molecule has 0 atom stereocenters. The standard InChI is InChI=1S/C63H39N5/c1-4-15-40(16-5-1)46-28-32-52-54-38-55-59(67(48-30-27-41-17-10-11-23-45(41)35-48)56-34-29-42-18-12-13-25-51(42)60(55)56)39-58(54)68(57(52)37-46)49-31-33-50-47(36-49)24-14-26-53(50)63-65-61(43-19-6-2-7-20-43)64-62(66-63)44-21-8-3-9-22-44/h1-39H. The second-order valence-electron chi connectivity index (χ2n) is 17.6. The van der Waals surface area contributed by atoms with E-state index in [0.717, 1.165) is 55.4 Å². The molecule has 0 saturated carbocycles. The third-order valence-corrected chi connectivity index (χ3v) is 13.7. The average Bonchev–Trinajstić information content (AvgIpc) is 3.92. The van der Waals surface area contributed by atoms with Crippen LogP contribution in [0.2, 0.25) is 0 Å². The normalized spacial score (nSPS) is 11.8. The van der Waals surface area contributed by atoms with Crippen molar-refractivity contribution in [2.45, 2.75) is 0 Å². The van der Waals surface area contributed by atoms with Crippen molar-refractivity contribution < 1.29 is 0 Å². The van der Waals surface area contributed by atoms with Gasteiger partial charge in [-0.2, -0.15) is 0 Å². The third-order valence-electron chi connectivity index (χ3n) is 13.7. The molecule has 3 aromatic heterocycles. The number of aromatic nitrogens is 5. The second kappa shape index (κ2) is 15.2. The molecule has 14 aromatic rings. The molecule has 0 spiro atoms. The number of benzene rings is 11. The number of hydrogen-bond donors (Lipinski definition) is 0. The first-order chi connectivity index (χ1) is 33.7. The largest absolute Gasteiger partial charge is 0.309 e. The maximum absolute atomic E-state index is 5.13. The summed E-state index contributed by atoms with van der Waals surface area (Å²) in [6.07, 6.45) is 0. The molecule has 14 rings (SSSR count). The first-order valence-corrected chi connectivity index (χ1v) is 23.1. The number of nitrogens with zero attached hydrogens (tertiary/aromatic N) is 5. The Bertz CT molecular complexity index is 4250. The topological polar surface area (TPSA) is 48.5 Å². The van der Waals surface area contributed by atoms with Gasteiger partial charge < -0.3 is 9.13 Å². The fraction of sp³-hybridized carbons (Fsp3) is 0. The highest BCUT2D eigenvalue weighted by Crippen LogP contribution is 2.43. The van der Waals surface area contributed by atoms with Gasteiger partial charge in [-0.05, 0) is 92.0 Å². The molecule has 0 unspecified atom stereocenters. The van der Waals surface area contributed by atoms with Crippen LogP contribution in [0.3, 0.4) is 0 Å². The van der Waals surface area contributed by atoms with Gasteiger partial charge in [0.25, 0.3) is 0 Å². The lowest BCUT2D eigenvalue weighted by Crippen LogP contribution is -2.00. The molecular formula is C63H39N5. The monoisotopic (exact) mass is 865 g/mol. The first kappa shape index (κ1) is 38.1. The van der Waals surface area contributed by atoms with Gasteiger partial charge in [0.1, 0.15) is 0 Å². The number of hydrogen-bond acceptors (Lipinski definition) is 3. The lowest BCUT2D eigenvalue weighted by atomic mass is 10.0. The Kier molecular flexibility index (Phi) is 8.52. The number of fused-ring (bicyclic) bond motifs is 10. The summed E-state index contributed by atoms with van der Waals surface area (Å²) in [4.78, 5) is 15.2. The Morgan fingerprint density at radius 1 is 0.250 bits per heavy atom. The van der Waals surface area contributed by atoms with Gasteiger partial charge in [0.15, 0.2) is 17.5 Å². The summed E-state index contributed by atoms with van der Waals surface area (Å²) in [6.45, 7) is 0. The van der Waals surface area contributed by atoms with Crippen LogP contribution >= 0.6 is 0 Å². The van der Waals surface area contributed by atoms with E-state index in [1.807, 2.05) is 36.4 Å². The van der Waals surface area contributed by atoms with E-state index in [1.54, 1.807) is 0 Å². The van der Waals surface area contributed by atoms with Crippen LogP contribution in [-0.2, 0) is 0 Å². The van der Waals surface area contributed by atoms with Crippen LogP contribution in [-0.4, -0.2) is 24.1 Å². The van der Waals surface area contributed by atoms with Gasteiger partial charge in [-0.3, -0.25) is 0 Å². The highest BCUT2D eigenvalue weighted by molar-refractivity contribution is 6.25. The molecule has 68 heavy (non-hydrogen) atoms. The molecule has 3 heterocycles. The third kappa shape index (κ3) is 6.06. The Labute approximate surface area is 391 Å². The lowest BCUT2D eigenvalue weighted by molar-refractivity contribution is 1.08. The predicted octanol–water partition coefficient (Wildman–Crippen LogP) is 16.2. The molecule has 0 fully saturated rings. The minimum absolute atomic E-state index is 0.636. The molecule has 0 aliphatic heterocycles. The fourth-order valence-electron chi connectivity index (χ4n) is 10.5. The van der Waals surface area contributed by atoms with E-state index in [4.69, 9.17) is 15.0 Å². The Balaban J connectivity index is 1.03. The van der Waals surface area contributed by atoms with E-state index in [9.17, 15) is 0 Å². The summed E-state index contributed by atoms with van der Waals surface area (Å²) in [5.41, 5.74) is 12.0. The van der Waals surface area contributed by atoms with Crippen molar-refractivity contribution in [2.75, 3.05) is 0 Å². The van der Waals surface area contributed by atoms with E-state index in [-0.39, 0.29) is 0 Å². The maximum Gasteiger partial charge on any atom is 0.164 e. The van der Waals surface area contributed by atoms with Crippen molar-refractivity contribution in [3.05, 3.63) is 237 Å². The molecule has 5 heteroatoms. The molecule has 0 radical (unpaired) electrons. The van der Waals surface area contributed by atoms with Gasteiger partial charge in [0.2, 0.25) is 0 Å². The van der Waals surface area contributed by atoms with Crippen LogP contribution < -0.4 is 0 Å². The fourth-order valence-corrected chi connectivity index (χ4v) is 10.5. The van der Waals surface area contributed by atoms with Gasteiger partial charge in [0.05, 0.1) is 22.1 Å². The van der Waals surface area contributed by atoms with Crippen molar-refractivity contribution in [1.29, 1.82) is 0 Å². The van der Waals surface area contributed by atoms with E-state index in [0.29, 0.717) is 17.5 Å². The SMILES string of the molecule is c1ccc(-c2ccc3c4cc5c6c7ccccc7ccc6n(-c6ccc7ccccc7c6)c5cc4n(-c4ccc5c(-c6nc(-c7ccccc7)nc(-c7ccccc7)n6)cccc5c4)c3c2)cc1. The van der Waals surface area contributed by atoms with Crippen LogP contribution in [0.4, 0.5) is 0 Å². The van der Waals surface area contributed by atoms with Gasteiger partial charge in [-0.15, -0.1) is 0 Å². The Morgan fingerprint density at radius 2 is 0.794 bits per heavy atom. The lowest BCUT2D eigenvalue weighted by Gasteiger charge is -2.13. The molecule has 0 aliphatic rings. The quantitative estimate of drug-likeness (QED) is 0.167. The van der Waals surface area contributed by atoms with Crippen LogP contribution in [0.1, 0.15) is 0 Å².